The Balaban J connectivity index is 0.000000327. The van der Waals surface area contributed by atoms with Gasteiger partial charge in [0, 0.05) is 32.5 Å². The number of carboxylic acid groups (broad SMARTS) is 1. The summed E-state index contributed by atoms with van der Waals surface area (Å²) in [7, 11) is 0. The predicted molar refractivity (Wildman–Crippen MR) is 212 cm³/mol. The number of aliphatic hydroxyl groups is 2. The van der Waals surface area contributed by atoms with E-state index in [0.29, 0.717) is 33.9 Å². The molecular formula is C38H34Cl2N10O7. The van der Waals surface area contributed by atoms with Gasteiger partial charge in [-0.25, -0.2) is 25.2 Å². The Bertz CT molecular complexity index is 2230. The number of amides is 3. The van der Waals surface area contributed by atoms with Gasteiger partial charge >= 0.3 is 5.97 Å². The zero-order valence-corrected chi connectivity index (χ0v) is 31.5. The van der Waals surface area contributed by atoms with Crippen molar-refractivity contribution in [1.29, 1.82) is 5.26 Å². The SMILES string of the molecule is [C-]#[N+]c1ccc(C(=O)NN)cc1.[C-]#[N+]c1ccc(N[C@@H](C(=O)NNC(=O)c2ccc(C#N)cc2)C(C)O)cc1Cl.[C-]#[N+]c1ccc(N[C@@H](C(=O)O)C(C)O)cc1Cl. The minimum absolute atomic E-state index is 0.207. The molecule has 17 nitrogen and oxygen atoms in total. The van der Waals surface area contributed by atoms with Crippen molar-refractivity contribution in [3.05, 3.63) is 146 Å². The summed E-state index contributed by atoms with van der Waals surface area (Å²) in [4.78, 5) is 55.8. The highest BCUT2D eigenvalue weighted by atomic mass is 35.5. The smallest absolute Gasteiger partial charge is 0.328 e. The van der Waals surface area contributed by atoms with Crippen molar-refractivity contribution < 1.29 is 34.5 Å². The van der Waals surface area contributed by atoms with Gasteiger partial charge < -0.3 is 26.0 Å². The molecule has 3 amide bonds. The second kappa shape index (κ2) is 22.9. The van der Waals surface area contributed by atoms with Crippen LogP contribution in [0.4, 0.5) is 28.4 Å². The number of hydrogen-bond acceptors (Lipinski definition) is 10. The summed E-state index contributed by atoms with van der Waals surface area (Å²) in [5.41, 5.74) is 9.53. The third-order valence-electron chi connectivity index (χ3n) is 7.26. The number of halogens is 2. The van der Waals surface area contributed by atoms with Crippen LogP contribution < -0.4 is 32.8 Å². The van der Waals surface area contributed by atoms with Crippen molar-refractivity contribution in [2.24, 2.45) is 5.84 Å². The number of hydrogen-bond donors (Lipinski definition) is 9. The Morgan fingerprint density at radius 2 is 1.16 bits per heavy atom. The molecule has 19 heteroatoms. The van der Waals surface area contributed by atoms with E-state index in [4.69, 9.17) is 59.1 Å². The van der Waals surface area contributed by atoms with Crippen LogP contribution in [0.25, 0.3) is 14.5 Å². The number of nitrogens with one attached hydrogen (secondary N) is 5. The van der Waals surface area contributed by atoms with E-state index in [9.17, 15) is 29.4 Å². The van der Waals surface area contributed by atoms with Crippen molar-refractivity contribution >= 4 is 75.3 Å². The summed E-state index contributed by atoms with van der Waals surface area (Å²) in [5, 5.41) is 42.7. The molecule has 0 heterocycles. The largest absolute Gasteiger partial charge is 0.480 e. The molecule has 0 radical (unpaired) electrons. The number of nitrogen functional groups attached to an aromatic ring is 1. The first kappa shape index (κ1) is 45.9. The number of anilines is 2. The van der Waals surface area contributed by atoms with E-state index >= 15 is 0 Å². The number of aliphatic hydroxyl groups excluding tert-OH is 2. The molecule has 10 N–H and O–H groups in total. The second-order valence-electron chi connectivity index (χ2n) is 11.4. The van der Waals surface area contributed by atoms with E-state index in [0.717, 1.165) is 0 Å². The highest BCUT2D eigenvalue weighted by Crippen LogP contribution is 2.29. The molecule has 57 heavy (non-hydrogen) atoms. The molecular weight excluding hydrogens is 779 g/mol. The number of hydrazine groups is 2. The van der Waals surface area contributed by atoms with Gasteiger partial charge in [-0.2, -0.15) is 5.26 Å². The van der Waals surface area contributed by atoms with Crippen LogP contribution in [-0.4, -0.2) is 63.3 Å². The molecule has 2 unspecified atom stereocenters. The van der Waals surface area contributed by atoms with E-state index in [2.05, 4.69) is 36.0 Å². The van der Waals surface area contributed by atoms with Gasteiger partial charge in [0.25, 0.3) is 17.7 Å². The van der Waals surface area contributed by atoms with E-state index in [-0.39, 0.29) is 27.2 Å². The zero-order chi connectivity index (χ0) is 42.7. The highest BCUT2D eigenvalue weighted by molar-refractivity contribution is 6.34. The van der Waals surface area contributed by atoms with Crippen LogP contribution in [0.5, 0.6) is 0 Å². The minimum atomic E-state index is -1.16. The molecule has 4 aromatic carbocycles. The van der Waals surface area contributed by atoms with Crippen molar-refractivity contribution in [2.75, 3.05) is 10.6 Å². The molecule has 0 saturated carbocycles. The maximum absolute atomic E-state index is 12.4. The molecule has 0 aliphatic heterocycles. The van der Waals surface area contributed by atoms with Gasteiger partial charge in [-0.1, -0.05) is 59.6 Å². The topological polar surface area (TPSA) is 252 Å². The van der Waals surface area contributed by atoms with Crippen LogP contribution >= 0.6 is 23.2 Å². The van der Waals surface area contributed by atoms with Gasteiger partial charge in [0.2, 0.25) is 11.4 Å². The number of rotatable bonds is 10. The zero-order valence-electron chi connectivity index (χ0n) is 30.0. The third kappa shape index (κ3) is 14.5. The standard InChI is InChI=1S/C19H16ClN5O3.C11H11ClN2O3.C8H7N3O/c1-11(26)17(23-14-7-8-16(22-2)15(20)9-14)19(28)25-24-18(27)13-5-3-12(10-21)4-6-13;1-6(15)10(11(16)17)14-7-3-4-9(13-2)8(12)5-7;1-10-7-4-2-6(3-5-7)8(12)11-9/h3-9,11,17,23,26H,1H3,(H,24,27)(H,25,28);3-6,10,14-15H,1H3,(H,16,17);2-5H,9H2,(H,11,12)/t11?,17-;6?,10-;/m11./s1. The number of aliphatic carboxylic acids is 1. The van der Waals surface area contributed by atoms with E-state index in [1.165, 1.54) is 68.4 Å². The molecule has 292 valence electrons. The average Bonchev–Trinajstić information content (AvgIpc) is 3.20. The van der Waals surface area contributed by atoms with Gasteiger partial charge in [-0.3, -0.25) is 30.7 Å². The monoisotopic (exact) mass is 812 g/mol. The van der Waals surface area contributed by atoms with Crippen LogP contribution in [0.2, 0.25) is 10.0 Å². The number of carboxylic acids is 1. The highest BCUT2D eigenvalue weighted by Gasteiger charge is 2.25. The molecule has 0 fully saturated rings. The van der Waals surface area contributed by atoms with Crippen LogP contribution in [0, 0.1) is 31.0 Å². The Labute approximate surface area is 337 Å². The molecule has 4 aromatic rings. The van der Waals surface area contributed by atoms with Crippen molar-refractivity contribution in [2.45, 2.75) is 38.1 Å². The molecule has 0 aromatic heterocycles. The van der Waals surface area contributed by atoms with Crippen LogP contribution in [0.1, 0.15) is 40.1 Å². The number of carbonyl (C=O) groups is 4. The van der Waals surface area contributed by atoms with Crippen molar-refractivity contribution in [1.82, 2.24) is 16.3 Å². The summed E-state index contributed by atoms with van der Waals surface area (Å²) in [6.45, 7) is 23.3. The molecule has 0 aliphatic carbocycles. The lowest BCUT2D eigenvalue weighted by molar-refractivity contribution is -0.140. The molecule has 0 saturated heterocycles. The van der Waals surface area contributed by atoms with E-state index in [1.54, 1.807) is 30.3 Å². The van der Waals surface area contributed by atoms with Gasteiger partial charge in [-0.05, 0) is 62.4 Å². The molecule has 4 rings (SSSR count). The molecule has 0 aliphatic rings. The van der Waals surface area contributed by atoms with Gasteiger partial charge in [0.1, 0.15) is 6.04 Å². The maximum atomic E-state index is 12.4. The van der Waals surface area contributed by atoms with Crippen LogP contribution in [0.15, 0.2) is 84.9 Å². The molecule has 0 bridgehead atoms. The fourth-order valence-corrected chi connectivity index (χ4v) is 4.71. The fraction of sp³-hybridized carbons (Fsp3) is 0.158. The Morgan fingerprint density at radius 1 is 0.702 bits per heavy atom. The number of nitrogens with zero attached hydrogens (tertiary/aromatic N) is 4. The summed E-state index contributed by atoms with van der Waals surface area (Å²) in [6, 6.07) is 20.8. The first-order chi connectivity index (χ1) is 27.1. The maximum Gasteiger partial charge on any atom is 0.328 e. The summed E-state index contributed by atoms with van der Waals surface area (Å²) < 4.78 is 0. The van der Waals surface area contributed by atoms with E-state index in [1.807, 2.05) is 11.5 Å². The van der Waals surface area contributed by atoms with Gasteiger partial charge in [0.05, 0.1) is 43.6 Å². The first-order valence-corrected chi connectivity index (χ1v) is 16.9. The summed E-state index contributed by atoms with van der Waals surface area (Å²) >= 11 is 11.8. The second-order valence-corrected chi connectivity index (χ2v) is 12.2. The number of carbonyl (C=O) groups excluding carboxylic acids is 3. The average molecular weight is 814 g/mol. The number of nitriles is 1. The molecule has 0 spiro atoms. The van der Waals surface area contributed by atoms with Gasteiger partial charge in [-0.15, -0.1) is 0 Å². The Kier molecular flexibility index (Phi) is 18.4. The normalized spacial score (nSPS) is 11.8. The fourth-order valence-electron chi connectivity index (χ4n) is 4.26. The van der Waals surface area contributed by atoms with E-state index < -0.39 is 42.1 Å². The summed E-state index contributed by atoms with van der Waals surface area (Å²) in [5.74, 6) is 2.14. The van der Waals surface area contributed by atoms with Gasteiger partial charge in [0.15, 0.2) is 11.7 Å². The van der Waals surface area contributed by atoms with Crippen LogP contribution in [0.3, 0.4) is 0 Å². The predicted octanol–water partition coefficient (Wildman–Crippen LogP) is 5.36. The Morgan fingerprint density at radius 3 is 1.54 bits per heavy atom. The molecule has 4 atom stereocenters. The lowest BCUT2D eigenvalue weighted by atomic mass is 10.1. The summed E-state index contributed by atoms with van der Waals surface area (Å²) in [6.07, 6.45) is -2.14. The van der Waals surface area contributed by atoms with Crippen molar-refractivity contribution in [3.63, 3.8) is 0 Å². The first-order valence-electron chi connectivity index (χ1n) is 16.1. The number of benzene rings is 4. The Hall–Kier alpha value is -7.22. The minimum Gasteiger partial charge on any atom is -0.480 e. The number of nitrogens with two attached hydrogens (primary N) is 1. The third-order valence-corrected chi connectivity index (χ3v) is 7.86. The van der Waals surface area contributed by atoms with Crippen molar-refractivity contribution in [3.8, 4) is 6.07 Å². The lowest BCUT2D eigenvalue weighted by Gasteiger charge is -2.22. The lowest BCUT2D eigenvalue weighted by Crippen LogP contribution is -2.52. The quantitative estimate of drug-likeness (QED) is 0.0426. The van der Waals surface area contributed by atoms with Crippen LogP contribution in [-0.2, 0) is 9.59 Å².